The second kappa shape index (κ2) is 5.29. The third-order valence-electron chi connectivity index (χ3n) is 2.35. The van der Waals surface area contributed by atoms with Crippen LogP contribution in [0.25, 0.3) is 0 Å². The van der Waals surface area contributed by atoms with Crippen molar-refractivity contribution in [3.05, 3.63) is 20.3 Å². The van der Waals surface area contributed by atoms with Crippen LogP contribution in [0.2, 0.25) is 0 Å². The topological polar surface area (TPSA) is 12.0 Å². The van der Waals surface area contributed by atoms with Crippen molar-refractivity contribution in [2.24, 2.45) is 5.92 Å². The Bertz CT molecular complexity index is 293. The first kappa shape index (κ1) is 12.2. The van der Waals surface area contributed by atoms with E-state index in [0.717, 1.165) is 6.54 Å². The first-order valence-corrected chi connectivity index (χ1v) is 6.66. The van der Waals surface area contributed by atoms with Gasteiger partial charge in [0.2, 0.25) is 0 Å². The number of thiophene rings is 1. The summed E-state index contributed by atoms with van der Waals surface area (Å²) in [5, 5.41) is 3.54. The van der Waals surface area contributed by atoms with Crippen LogP contribution in [0.1, 0.15) is 37.3 Å². The van der Waals surface area contributed by atoms with Crippen molar-refractivity contribution >= 4 is 27.3 Å². The molecule has 1 atom stereocenters. The molecule has 1 aromatic rings. The minimum Gasteiger partial charge on any atom is -0.310 e. The number of hydrogen-bond donors (Lipinski definition) is 1. The Morgan fingerprint density at radius 3 is 2.50 bits per heavy atom. The quantitative estimate of drug-likeness (QED) is 0.872. The predicted molar refractivity (Wildman–Crippen MR) is 68.0 cm³/mol. The van der Waals surface area contributed by atoms with E-state index in [1.807, 2.05) is 11.3 Å². The van der Waals surface area contributed by atoms with Crippen LogP contribution in [0.3, 0.4) is 0 Å². The molecule has 0 amide bonds. The third kappa shape index (κ3) is 2.81. The highest BCUT2D eigenvalue weighted by Gasteiger charge is 2.18. The summed E-state index contributed by atoms with van der Waals surface area (Å²) < 4.78 is 1.23. The van der Waals surface area contributed by atoms with Gasteiger partial charge in [0.05, 0.1) is 3.79 Å². The average molecular weight is 276 g/mol. The van der Waals surface area contributed by atoms with Crippen LogP contribution in [0.15, 0.2) is 9.85 Å². The largest absolute Gasteiger partial charge is 0.310 e. The van der Waals surface area contributed by atoms with Gasteiger partial charge < -0.3 is 5.32 Å². The number of aryl methyl sites for hydroxylation is 1. The first-order chi connectivity index (χ1) is 6.56. The molecule has 0 bridgehead atoms. The van der Waals surface area contributed by atoms with E-state index in [9.17, 15) is 0 Å². The van der Waals surface area contributed by atoms with Crippen molar-refractivity contribution in [1.29, 1.82) is 0 Å². The summed E-state index contributed by atoms with van der Waals surface area (Å²) in [6.45, 7) is 9.90. The maximum absolute atomic E-state index is 3.54. The first-order valence-electron chi connectivity index (χ1n) is 5.05. The Hall–Kier alpha value is 0.140. The maximum Gasteiger partial charge on any atom is 0.0704 e. The summed E-state index contributed by atoms with van der Waals surface area (Å²) >= 11 is 5.36. The molecule has 0 aliphatic carbocycles. The summed E-state index contributed by atoms with van der Waals surface area (Å²) in [4.78, 5) is 1.41. The van der Waals surface area contributed by atoms with Crippen molar-refractivity contribution in [2.45, 2.75) is 33.7 Å². The molecule has 80 valence electrons. The molecule has 1 aromatic heterocycles. The van der Waals surface area contributed by atoms with Crippen molar-refractivity contribution in [1.82, 2.24) is 5.32 Å². The van der Waals surface area contributed by atoms with Gasteiger partial charge in [-0.2, -0.15) is 0 Å². The van der Waals surface area contributed by atoms with E-state index in [0.29, 0.717) is 12.0 Å². The minimum absolute atomic E-state index is 0.488. The highest BCUT2D eigenvalue weighted by atomic mass is 79.9. The van der Waals surface area contributed by atoms with Crippen molar-refractivity contribution in [3.8, 4) is 0 Å². The summed E-state index contributed by atoms with van der Waals surface area (Å²) in [5.74, 6) is 0.634. The van der Waals surface area contributed by atoms with Gasteiger partial charge in [-0.05, 0) is 46.9 Å². The van der Waals surface area contributed by atoms with Gasteiger partial charge in [0.15, 0.2) is 0 Å². The van der Waals surface area contributed by atoms with Crippen LogP contribution >= 0.6 is 27.3 Å². The van der Waals surface area contributed by atoms with E-state index in [-0.39, 0.29) is 0 Å². The van der Waals surface area contributed by atoms with Gasteiger partial charge in [-0.25, -0.2) is 0 Å². The molecule has 1 unspecified atom stereocenters. The van der Waals surface area contributed by atoms with Crippen LogP contribution in [-0.4, -0.2) is 6.54 Å². The van der Waals surface area contributed by atoms with E-state index in [1.165, 1.54) is 14.2 Å². The van der Waals surface area contributed by atoms with Gasteiger partial charge in [0, 0.05) is 10.9 Å². The molecule has 0 saturated carbocycles. The predicted octanol–water partition coefficient (Wildman–Crippen LogP) is 4.13. The molecule has 0 aliphatic rings. The summed E-state index contributed by atoms with van der Waals surface area (Å²) in [6.07, 6.45) is 0. The number of hydrogen-bond acceptors (Lipinski definition) is 2. The average Bonchev–Trinajstić information content (AvgIpc) is 2.40. The smallest absolute Gasteiger partial charge is 0.0704 e. The highest BCUT2D eigenvalue weighted by molar-refractivity contribution is 9.11. The molecule has 0 aliphatic heterocycles. The zero-order valence-electron chi connectivity index (χ0n) is 9.23. The van der Waals surface area contributed by atoms with E-state index in [2.05, 4.69) is 55.0 Å². The molecule has 0 aromatic carbocycles. The molecule has 1 rings (SSSR count). The molecule has 14 heavy (non-hydrogen) atoms. The molecule has 0 fully saturated rings. The van der Waals surface area contributed by atoms with E-state index in [4.69, 9.17) is 0 Å². The van der Waals surface area contributed by atoms with Crippen LogP contribution < -0.4 is 5.32 Å². The third-order valence-corrected chi connectivity index (χ3v) is 3.92. The zero-order valence-corrected chi connectivity index (χ0v) is 11.6. The lowest BCUT2D eigenvalue weighted by molar-refractivity contribution is 0.421. The molecule has 0 radical (unpaired) electrons. The van der Waals surface area contributed by atoms with Gasteiger partial charge in [-0.3, -0.25) is 0 Å². The SMILES string of the molecule is CCNC(c1cc(Br)sc1C)C(C)C. The fraction of sp³-hybridized carbons (Fsp3) is 0.636. The second-order valence-electron chi connectivity index (χ2n) is 3.84. The van der Waals surface area contributed by atoms with Gasteiger partial charge in [-0.1, -0.05) is 20.8 Å². The van der Waals surface area contributed by atoms with E-state index >= 15 is 0 Å². The normalized spacial score (nSPS) is 13.6. The van der Waals surface area contributed by atoms with Gasteiger partial charge in [0.1, 0.15) is 0 Å². The maximum atomic E-state index is 3.54. The Labute approximate surface area is 99.0 Å². The van der Waals surface area contributed by atoms with Crippen LogP contribution in [0.5, 0.6) is 0 Å². The Morgan fingerprint density at radius 2 is 2.14 bits per heavy atom. The van der Waals surface area contributed by atoms with Crippen LogP contribution in [0, 0.1) is 12.8 Å². The van der Waals surface area contributed by atoms with Gasteiger partial charge >= 0.3 is 0 Å². The van der Waals surface area contributed by atoms with Gasteiger partial charge in [0.25, 0.3) is 0 Å². The number of halogens is 1. The molecule has 0 spiro atoms. The number of rotatable bonds is 4. The van der Waals surface area contributed by atoms with Crippen LogP contribution in [0.4, 0.5) is 0 Å². The summed E-state index contributed by atoms with van der Waals surface area (Å²) in [6, 6.07) is 2.73. The van der Waals surface area contributed by atoms with Crippen LogP contribution in [-0.2, 0) is 0 Å². The molecule has 1 nitrogen and oxygen atoms in total. The number of nitrogens with one attached hydrogen (secondary N) is 1. The summed E-state index contributed by atoms with van der Waals surface area (Å²) in [7, 11) is 0. The highest BCUT2D eigenvalue weighted by Crippen LogP contribution is 2.33. The lowest BCUT2D eigenvalue weighted by Gasteiger charge is -2.21. The Kier molecular flexibility index (Phi) is 4.61. The zero-order chi connectivity index (χ0) is 10.7. The monoisotopic (exact) mass is 275 g/mol. The minimum atomic E-state index is 0.488. The fourth-order valence-electron chi connectivity index (χ4n) is 1.69. The van der Waals surface area contributed by atoms with Crippen molar-refractivity contribution < 1.29 is 0 Å². The van der Waals surface area contributed by atoms with Crippen molar-refractivity contribution in [2.75, 3.05) is 6.54 Å². The lowest BCUT2D eigenvalue weighted by Crippen LogP contribution is -2.25. The van der Waals surface area contributed by atoms with Crippen molar-refractivity contribution in [3.63, 3.8) is 0 Å². The fourth-order valence-corrected chi connectivity index (χ4v) is 3.45. The molecule has 1 heterocycles. The van der Waals surface area contributed by atoms with E-state index in [1.54, 1.807) is 0 Å². The van der Waals surface area contributed by atoms with E-state index < -0.39 is 0 Å². The molecular weight excluding hydrogens is 258 g/mol. The molecule has 1 N–H and O–H groups in total. The standard InChI is InChI=1S/C11H18BrNS/c1-5-13-11(7(2)3)9-6-10(12)14-8(9)4/h6-7,11,13H,5H2,1-4H3. The second-order valence-corrected chi connectivity index (χ2v) is 6.48. The molecular formula is C11H18BrNS. The van der Waals surface area contributed by atoms with Gasteiger partial charge in [-0.15, -0.1) is 11.3 Å². The Morgan fingerprint density at radius 1 is 1.50 bits per heavy atom. The summed E-state index contributed by atoms with van der Waals surface area (Å²) in [5.41, 5.74) is 1.44. The molecule has 3 heteroatoms. The Balaban J connectivity index is 2.92. The lowest BCUT2D eigenvalue weighted by atomic mass is 9.97. The molecule has 0 saturated heterocycles.